The second-order valence-corrected chi connectivity index (χ2v) is 5.88. The lowest BCUT2D eigenvalue weighted by molar-refractivity contribution is 1.31. The summed E-state index contributed by atoms with van der Waals surface area (Å²) < 4.78 is 1.11. The highest BCUT2D eigenvalue weighted by atomic mass is 79.9. The summed E-state index contributed by atoms with van der Waals surface area (Å²) in [5, 5.41) is 0. The van der Waals surface area contributed by atoms with E-state index in [0.717, 1.165) is 26.9 Å². The van der Waals surface area contributed by atoms with Crippen LogP contribution in [-0.2, 0) is 0 Å². The van der Waals surface area contributed by atoms with Gasteiger partial charge in [-0.25, -0.2) is 4.98 Å². The average molecular weight is 315 g/mol. The summed E-state index contributed by atoms with van der Waals surface area (Å²) in [6, 6.07) is 10.6. The molecule has 96 valence electrons. The van der Waals surface area contributed by atoms with Crippen LogP contribution in [0.3, 0.4) is 0 Å². The highest BCUT2D eigenvalue weighted by Crippen LogP contribution is 2.27. The Bertz CT molecular complexity index is 772. The van der Waals surface area contributed by atoms with E-state index < -0.39 is 0 Å². The standard InChI is InChI=1S/C16H15BrN2/c1-9-6-11(3)15-14(7-9)18-16(19-15)12-5-4-10(2)13(17)8-12/h4-8H,1-3H3,(H,18,19). The molecule has 3 aromatic rings. The predicted molar refractivity (Wildman–Crippen MR) is 83.4 cm³/mol. The minimum atomic E-state index is 0.921. The van der Waals surface area contributed by atoms with Crippen LogP contribution in [0.1, 0.15) is 16.7 Å². The molecule has 0 bridgehead atoms. The lowest BCUT2D eigenvalue weighted by atomic mass is 10.1. The van der Waals surface area contributed by atoms with E-state index in [1.54, 1.807) is 0 Å². The Hall–Kier alpha value is -1.61. The van der Waals surface area contributed by atoms with Crippen molar-refractivity contribution in [1.82, 2.24) is 9.97 Å². The highest BCUT2D eigenvalue weighted by Gasteiger charge is 2.08. The number of hydrogen-bond acceptors (Lipinski definition) is 1. The molecule has 3 heteroatoms. The van der Waals surface area contributed by atoms with Crippen molar-refractivity contribution in [3.05, 3.63) is 51.5 Å². The maximum absolute atomic E-state index is 4.72. The summed E-state index contributed by atoms with van der Waals surface area (Å²) in [4.78, 5) is 8.13. The van der Waals surface area contributed by atoms with Crippen molar-refractivity contribution in [3.63, 3.8) is 0 Å². The second-order valence-electron chi connectivity index (χ2n) is 5.03. The third kappa shape index (κ3) is 2.19. The zero-order valence-corrected chi connectivity index (χ0v) is 12.8. The fraction of sp³-hybridized carbons (Fsp3) is 0.188. The van der Waals surface area contributed by atoms with Crippen LogP contribution in [0.15, 0.2) is 34.8 Å². The monoisotopic (exact) mass is 314 g/mol. The Kier molecular flexibility index (Phi) is 2.94. The first-order valence-electron chi connectivity index (χ1n) is 6.28. The van der Waals surface area contributed by atoms with Crippen molar-refractivity contribution in [2.24, 2.45) is 0 Å². The summed E-state index contributed by atoms with van der Waals surface area (Å²) in [6.07, 6.45) is 0. The van der Waals surface area contributed by atoms with Gasteiger partial charge in [0.2, 0.25) is 0 Å². The Morgan fingerprint density at radius 1 is 1.00 bits per heavy atom. The van der Waals surface area contributed by atoms with E-state index in [1.165, 1.54) is 16.7 Å². The smallest absolute Gasteiger partial charge is 0.138 e. The van der Waals surface area contributed by atoms with Crippen LogP contribution >= 0.6 is 15.9 Å². The summed E-state index contributed by atoms with van der Waals surface area (Å²) >= 11 is 3.57. The predicted octanol–water partition coefficient (Wildman–Crippen LogP) is 4.92. The van der Waals surface area contributed by atoms with E-state index >= 15 is 0 Å². The van der Waals surface area contributed by atoms with Crippen LogP contribution in [0.4, 0.5) is 0 Å². The van der Waals surface area contributed by atoms with Gasteiger partial charge in [0, 0.05) is 10.0 Å². The number of aromatic nitrogens is 2. The molecule has 19 heavy (non-hydrogen) atoms. The van der Waals surface area contributed by atoms with Gasteiger partial charge in [-0.2, -0.15) is 0 Å². The van der Waals surface area contributed by atoms with E-state index in [2.05, 4.69) is 72.0 Å². The second kappa shape index (κ2) is 4.49. The van der Waals surface area contributed by atoms with E-state index in [-0.39, 0.29) is 0 Å². The van der Waals surface area contributed by atoms with E-state index in [4.69, 9.17) is 4.98 Å². The third-order valence-corrected chi connectivity index (χ3v) is 4.22. The van der Waals surface area contributed by atoms with Crippen LogP contribution in [0.5, 0.6) is 0 Å². The molecule has 1 aromatic heterocycles. The minimum absolute atomic E-state index is 0.921. The van der Waals surface area contributed by atoms with Crippen molar-refractivity contribution < 1.29 is 0 Å². The Balaban J connectivity index is 2.20. The number of aromatic amines is 1. The van der Waals surface area contributed by atoms with E-state index in [0.29, 0.717) is 0 Å². The van der Waals surface area contributed by atoms with Gasteiger partial charge in [0.1, 0.15) is 5.82 Å². The van der Waals surface area contributed by atoms with Gasteiger partial charge in [-0.3, -0.25) is 0 Å². The number of nitrogens with zero attached hydrogens (tertiary/aromatic N) is 1. The molecule has 2 aromatic carbocycles. The molecule has 0 spiro atoms. The number of benzene rings is 2. The Labute approximate surface area is 121 Å². The van der Waals surface area contributed by atoms with Gasteiger partial charge < -0.3 is 4.98 Å². The molecule has 3 rings (SSSR count). The van der Waals surface area contributed by atoms with Crippen molar-refractivity contribution >= 4 is 27.0 Å². The Morgan fingerprint density at radius 3 is 2.53 bits per heavy atom. The molecule has 0 atom stereocenters. The molecule has 0 amide bonds. The molecule has 0 saturated heterocycles. The van der Waals surface area contributed by atoms with E-state index in [9.17, 15) is 0 Å². The van der Waals surface area contributed by atoms with Gasteiger partial charge in [-0.05, 0) is 49.6 Å². The minimum Gasteiger partial charge on any atom is -0.338 e. The van der Waals surface area contributed by atoms with Crippen LogP contribution in [0.25, 0.3) is 22.4 Å². The fourth-order valence-corrected chi connectivity index (χ4v) is 2.73. The molecule has 0 aliphatic rings. The molecule has 0 fully saturated rings. The molecule has 2 nitrogen and oxygen atoms in total. The molecule has 0 aliphatic carbocycles. The first-order chi connectivity index (χ1) is 9.04. The summed E-state index contributed by atoms with van der Waals surface area (Å²) in [6.45, 7) is 6.29. The maximum atomic E-state index is 4.72. The molecule has 1 N–H and O–H groups in total. The average Bonchev–Trinajstić information content (AvgIpc) is 2.76. The lowest BCUT2D eigenvalue weighted by Crippen LogP contribution is -1.82. The third-order valence-electron chi connectivity index (χ3n) is 3.37. The maximum Gasteiger partial charge on any atom is 0.138 e. The number of halogens is 1. The number of aryl methyl sites for hydroxylation is 3. The first-order valence-corrected chi connectivity index (χ1v) is 7.07. The zero-order chi connectivity index (χ0) is 13.6. The molecule has 0 radical (unpaired) electrons. The SMILES string of the molecule is Cc1cc(C)c2nc(-c3ccc(C)c(Br)c3)[nH]c2c1. The molecule has 0 aliphatic heterocycles. The normalized spacial score (nSPS) is 11.2. The Morgan fingerprint density at radius 2 is 1.79 bits per heavy atom. The summed E-state index contributed by atoms with van der Waals surface area (Å²) in [7, 11) is 0. The summed E-state index contributed by atoms with van der Waals surface area (Å²) in [5.74, 6) is 0.921. The number of imidazole rings is 1. The highest BCUT2D eigenvalue weighted by molar-refractivity contribution is 9.10. The topological polar surface area (TPSA) is 28.7 Å². The summed E-state index contributed by atoms with van der Waals surface area (Å²) in [5.41, 5.74) is 6.95. The zero-order valence-electron chi connectivity index (χ0n) is 11.2. The van der Waals surface area contributed by atoms with Gasteiger partial charge in [-0.1, -0.05) is 34.1 Å². The van der Waals surface area contributed by atoms with Gasteiger partial charge in [-0.15, -0.1) is 0 Å². The van der Waals surface area contributed by atoms with Crippen LogP contribution in [0, 0.1) is 20.8 Å². The number of rotatable bonds is 1. The van der Waals surface area contributed by atoms with Crippen molar-refractivity contribution in [3.8, 4) is 11.4 Å². The number of hydrogen-bond donors (Lipinski definition) is 1. The van der Waals surface area contributed by atoms with E-state index in [1.807, 2.05) is 0 Å². The van der Waals surface area contributed by atoms with Gasteiger partial charge >= 0.3 is 0 Å². The van der Waals surface area contributed by atoms with Crippen LogP contribution < -0.4 is 0 Å². The molecular weight excluding hydrogens is 300 g/mol. The fourth-order valence-electron chi connectivity index (χ4n) is 2.35. The number of nitrogens with one attached hydrogen (secondary N) is 1. The van der Waals surface area contributed by atoms with Gasteiger partial charge in [0.05, 0.1) is 11.0 Å². The first kappa shape index (κ1) is 12.4. The number of H-pyrrole nitrogens is 1. The lowest BCUT2D eigenvalue weighted by Gasteiger charge is -2.00. The molecule has 0 saturated carbocycles. The molecule has 1 heterocycles. The van der Waals surface area contributed by atoms with Crippen molar-refractivity contribution in [2.75, 3.05) is 0 Å². The van der Waals surface area contributed by atoms with Gasteiger partial charge in [0.25, 0.3) is 0 Å². The van der Waals surface area contributed by atoms with Crippen molar-refractivity contribution in [2.45, 2.75) is 20.8 Å². The quantitative estimate of drug-likeness (QED) is 0.678. The van der Waals surface area contributed by atoms with Crippen LogP contribution in [0.2, 0.25) is 0 Å². The van der Waals surface area contributed by atoms with Crippen molar-refractivity contribution in [1.29, 1.82) is 0 Å². The largest absolute Gasteiger partial charge is 0.338 e. The molecular formula is C16H15BrN2. The number of fused-ring (bicyclic) bond motifs is 1. The van der Waals surface area contributed by atoms with Gasteiger partial charge in [0.15, 0.2) is 0 Å². The molecule has 0 unspecified atom stereocenters. The van der Waals surface area contributed by atoms with Crippen LogP contribution in [-0.4, -0.2) is 9.97 Å².